The Morgan fingerprint density at radius 2 is 1.92 bits per heavy atom. The number of rotatable bonds is 5. The van der Waals surface area contributed by atoms with Crippen LogP contribution in [0.4, 0.5) is 5.69 Å². The molecule has 0 aliphatic carbocycles. The van der Waals surface area contributed by atoms with Crippen LogP contribution in [-0.4, -0.2) is 60.2 Å². The standard InChI is InChI=1S/C20H30N4S/c25-20(22-18-6-2-1-3-7-18)21-13-19-12-16-8-11-24(19)15-17(16)14-23-9-4-5-10-23/h1-3,6-7,16-17,19H,4-5,8-15H2,(H2,21,22,25)/t16-,17+,19+/m1/s1. The number of nitrogens with zero attached hydrogens (tertiary/aromatic N) is 2. The van der Waals surface area contributed by atoms with Crippen LogP contribution in [0, 0.1) is 11.8 Å². The van der Waals surface area contributed by atoms with Gasteiger partial charge in [0.2, 0.25) is 0 Å². The van der Waals surface area contributed by atoms with E-state index in [9.17, 15) is 0 Å². The number of nitrogens with one attached hydrogen (secondary N) is 2. The first kappa shape index (κ1) is 17.3. The van der Waals surface area contributed by atoms with E-state index < -0.39 is 0 Å². The van der Waals surface area contributed by atoms with E-state index >= 15 is 0 Å². The van der Waals surface area contributed by atoms with Crippen LogP contribution in [0.2, 0.25) is 0 Å². The number of hydrogen-bond acceptors (Lipinski definition) is 3. The quantitative estimate of drug-likeness (QED) is 0.791. The van der Waals surface area contributed by atoms with Crippen molar-refractivity contribution < 1.29 is 0 Å². The molecule has 1 unspecified atom stereocenters. The lowest BCUT2D eigenvalue weighted by atomic mass is 9.75. The van der Waals surface area contributed by atoms with Gasteiger partial charge < -0.3 is 15.5 Å². The molecule has 136 valence electrons. The first-order chi connectivity index (χ1) is 12.3. The second-order valence-corrected chi connectivity index (χ2v) is 8.31. The number of likely N-dealkylation sites (tertiary alicyclic amines) is 1. The monoisotopic (exact) mass is 358 g/mol. The average Bonchev–Trinajstić information content (AvgIpc) is 3.15. The number of piperidine rings is 3. The second kappa shape index (κ2) is 8.02. The maximum absolute atomic E-state index is 5.46. The van der Waals surface area contributed by atoms with E-state index in [0.29, 0.717) is 6.04 Å². The summed E-state index contributed by atoms with van der Waals surface area (Å²) >= 11 is 5.46. The van der Waals surface area contributed by atoms with Crippen LogP contribution in [0.1, 0.15) is 25.7 Å². The van der Waals surface area contributed by atoms with Crippen molar-refractivity contribution in [1.82, 2.24) is 15.1 Å². The largest absolute Gasteiger partial charge is 0.361 e. The van der Waals surface area contributed by atoms with Gasteiger partial charge in [0.1, 0.15) is 0 Å². The van der Waals surface area contributed by atoms with Crippen molar-refractivity contribution in [3.63, 3.8) is 0 Å². The first-order valence-electron chi connectivity index (χ1n) is 9.84. The second-order valence-electron chi connectivity index (χ2n) is 7.90. The highest BCUT2D eigenvalue weighted by Gasteiger charge is 2.40. The average molecular weight is 359 g/mol. The SMILES string of the molecule is S=C(NC[C@@H]1C[C@H]2CCN1C[C@@H]2CN1CCCC1)Nc1ccccc1. The summed E-state index contributed by atoms with van der Waals surface area (Å²) < 4.78 is 0. The molecule has 0 aromatic heterocycles. The molecular formula is C20H30N4S. The number of thiocarbonyl (C=S) groups is 1. The Kier molecular flexibility index (Phi) is 5.54. The highest BCUT2D eigenvalue weighted by molar-refractivity contribution is 7.80. The summed E-state index contributed by atoms with van der Waals surface area (Å²) in [6.45, 7) is 7.50. The molecule has 0 radical (unpaired) electrons. The van der Waals surface area contributed by atoms with Gasteiger partial charge in [0.05, 0.1) is 0 Å². The van der Waals surface area contributed by atoms with Gasteiger partial charge >= 0.3 is 0 Å². The van der Waals surface area contributed by atoms with Gasteiger partial charge in [-0.3, -0.25) is 4.90 Å². The molecule has 5 rings (SSSR count). The number of hydrogen-bond donors (Lipinski definition) is 2. The minimum absolute atomic E-state index is 0.643. The van der Waals surface area contributed by atoms with Crippen molar-refractivity contribution in [2.75, 3.05) is 44.6 Å². The Morgan fingerprint density at radius 3 is 2.64 bits per heavy atom. The molecule has 0 spiro atoms. The van der Waals surface area contributed by atoms with Crippen molar-refractivity contribution in [3.8, 4) is 0 Å². The van der Waals surface area contributed by atoms with Crippen molar-refractivity contribution in [1.29, 1.82) is 0 Å². The van der Waals surface area contributed by atoms with Gasteiger partial charge in [-0.05, 0) is 81.5 Å². The molecular weight excluding hydrogens is 328 g/mol. The molecule has 5 heteroatoms. The maximum Gasteiger partial charge on any atom is 0.170 e. The van der Waals surface area contributed by atoms with E-state index in [4.69, 9.17) is 12.2 Å². The molecule has 2 N–H and O–H groups in total. The molecule has 4 nitrogen and oxygen atoms in total. The van der Waals surface area contributed by atoms with Crippen LogP contribution in [0.5, 0.6) is 0 Å². The fourth-order valence-corrected chi connectivity index (χ4v) is 5.07. The van der Waals surface area contributed by atoms with E-state index in [1.165, 1.54) is 58.4 Å². The van der Waals surface area contributed by atoms with E-state index in [-0.39, 0.29) is 0 Å². The van der Waals surface area contributed by atoms with Gasteiger partial charge in [0.15, 0.2) is 5.11 Å². The van der Waals surface area contributed by atoms with Gasteiger partial charge in [-0.1, -0.05) is 18.2 Å². The molecule has 4 atom stereocenters. The zero-order valence-corrected chi connectivity index (χ0v) is 15.8. The van der Waals surface area contributed by atoms with Gasteiger partial charge in [0.25, 0.3) is 0 Å². The van der Waals surface area contributed by atoms with E-state index in [1.54, 1.807) is 0 Å². The predicted molar refractivity (Wildman–Crippen MR) is 108 cm³/mol. The first-order valence-corrected chi connectivity index (χ1v) is 10.2. The van der Waals surface area contributed by atoms with Crippen LogP contribution < -0.4 is 10.6 Å². The van der Waals surface area contributed by atoms with Gasteiger partial charge in [-0.25, -0.2) is 0 Å². The van der Waals surface area contributed by atoms with Crippen LogP contribution in [0.25, 0.3) is 0 Å². The molecule has 4 aliphatic heterocycles. The summed E-state index contributed by atoms with van der Waals surface area (Å²) in [5.74, 6) is 1.80. The Bertz CT molecular complexity index is 572. The lowest BCUT2D eigenvalue weighted by molar-refractivity contribution is -0.00792. The highest BCUT2D eigenvalue weighted by Crippen LogP contribution is 2.36. The molecule has 1 aromatic carbocycles. The molecule has 4 aliphatic rings. The van der Waals surface area contributed by atoms with Crippen LogP contribution in [-0.2, 0) is 0 Å². The molecule has 0 saturated carbocycles. The summed E-state index contributed by atoms with van der Waals surface area (Å²) in [6.07, 6.45) is 5.53. The van der Waals surface area contributed by atoms with Crippen LogP contribution >= 0.6 is 12.2 Å². The molecule has 1 aromatic rings. The topological polar surface area (TPSA) is 30.5 Å². The highest BCUT2D eigenvalue weighted by atomic mass is 32.1. The van der Waals surface area contributed by atoms with Crippen molar-refractivity contribution in [3.05, 3.63) is 30.3 Å². The number of anilines is 1. The van der Waals surface area contributed by atoms with Crippen molar-refractivity contribution in [2.45, 2.75) is 31.7 Å². The third-order valence-corrected chi connectivity index (χ3v) is 6.48. The smallest absolute Gasteiger partial charge is 0.170 e. The zero-order valence-electron chi connectivity index (χ0n) is 15.0. The summed E-state index contributed by atoms with van der Waals surface area (Å²) in [4.78, 5) is 5.40. The van der Waals surface area contributed by atoms with Crippen molar-refractivity contribution in [2.24, 2.45) is 11.8 Å². The van der Waals surface area contributed by atoms with Gasteiger partial charge in [-0.2, -0.15) is 0 Å². The zero-order chi connectivity index (χ0) is 17.1. The van der Waals surface area contributed by atoms with Crippen LogP contribution in [0.3, 0.4) is 0 Å². The third-order valence-electron chi connectivity index (χ3n) is 6.24. The maximum atomic E-state index is 5.46. The van der Waals surface area contributed by atoms with E-state index in [2.05, 4.69) is 20.4 Å². The molecule has 4 saturated heterocycles. The Labute approximate surface area is 157 Å². The molecule has 2 bridgehead atoms. The lowest BCUT2D eigenvalue weighted by Gasteiger charge is -2.50. The lowest BCUT2D eigenvalue weighted by Crippen LogP contribution is -2.58. The normalized spacial score (nSPS) is 31.8. The minimum Gasteiger partial charge on any atom is -0.361 e. The molecule has 25 heavy (non-hydrogen) atoms. The van der Waals surface area contributed by atoms with E-state index in [1.807, 2.05) is 30.3 Å². The molecule has 4 fully saturated rings. The van der Waals surface area contributed by atoms with Gasteiger partial charge in [-0.15, -0.1) is 0 Å². The summed E-state index contributed by atoms with van der Waals surface area (Å²) in [7, 11) is 0. The fraction of sp³-hybridized carbons (Fsp3) is 0.650. The van der Waals surface area contributed by atoms with E-state index in [0.717, 1.165) is 29.2 Å². The number of fused-ring (bicyclic) bond motifs is 3. The summed E-state index contributed by atoms with van der Waals surface area (Å²) in [5.41, 5.74) is 1.05. The molecule has 4 heterocycles. The Morgan fingerprint density at radius 1 is 1.12 bits per heavy atom. The Hall–Kier alpha value is -1.17. The predicted octanol–water partition coefficient (Wildman–Crippen LogP) is 2.78. The minimum atomic E-state index is 0.643. The number of para-hydroxylation sites is 1. The molecule has 0 amide bonds. The van der Waals surface area contributed by atoms with Crippen LogP contribution in [0.15, 0.2) is 30.3 Å². The Balaban J connectivity index is 1.24. The van der Waals surface area contributed by atoms with Gasteiger partial charge in [0, 0.05) is 31.4 Å². The third kappa shape index (κ3) is 4.33. The number of benzene rings is 1. The summed E-state index contributed by atoms with van der Waals surface area (Å²) in [5, 5.41) is 7.46. The summed E-state index contributed by atoms with van der Waals surface area (Å²) in [6, 6.07) is 10.8. The van der Waals surface area contributed by atoms with Crippen molar-refractivity contribution >= 4 is 23.0 Å². The fourth-order valence-electron chi connectivity index (χ4n) is 4.87.